The number of hydrogen-bond acceptors (Lipinski definition) is 7. The van der Waals surface area contributed by atoms with Crippen LogP contribution in [0.25, 0.3) is 0 Å². The molecule has 2 heterocycles. The van der Waals surface area contributed by atoms with Crippen LogP contribution in [0.4, 0.5) is 0 Å². The lowest BCUT2D eigenvalue weighted by molar-refractivity contribution is -0.121. The number of Topliss-reactive ketones (excluding diaryl/α,β-unsaturated/α-hetero) is 1. The molecule has 0 radical (unpaired) electrons. The molecule has 2 atom stereocenters. The van der Waals surface area contributed by atoms with Gasteiger partial charge < -0.3 is 0 Å². The third kappa shape index (κ3) is 9.46. The summed E-state index contributed by atoms with van der Waals surface area (Å²) in [5.41, 5.74) is 6.66. The summed E-state index contributed by atoms with van der Waals surface area (Å²) in [5.74, 6) is -0.701. The number of carbonyl (C=O) groups excluding carboxylic acids is 1. The number of rotatable bonds is 18. The topological polar surface area (TPSA) is 85.0 Å². The number of benzene rings is 4. The molecule has 6 rings (SSSR count). The van der Waals surface area contributed by atoms with Gasteiger partial charge in [-0.1, -0.05) is 132 Å². The van der Waals surface area contributed by atoms with Crippen LogP contribution in [0, 0.1) is 0 Å². The van der Waals surface area contributed by atoms with E-state index >= 15 is 0 Å². The minimum absolute atomic E-state index is 0.0907. The van der Waals surface area contributed by atoms with Gasteiger partial charge in [-0.3, -0.25) is 14.6 Å². The summed E-state index contributed by atoms with van der Waals surface area (Å²) in [4.78, 5) is 18.8. The monoisotopic (exact) mass is 666 g/mol. The first-order valence-electron chi connectivity index (χ1n) is 17.4. The number of hydrogen-bond donors (Lipinski definition) is 0. The molecule has 6 aromatic rings. The van der Waals surface area contributed by atoms with Crippen LogP contribution in [0.15, 0.2) is 134 Å². The van der Waals surface area contributed by atoms with Crippen LogP contribution < -0.4 is 0 Å². The standard InChI is InChI=1S/C41H46N8O/c1-33(39-27-42-44-48(39)25-23-46(29-35-15-7-3-8-16-35)30-36-17-9-4-10-18-36)41(50)34(2)40-28-43-45-49(40)26-24-47(31-37-19-11-5-12-20-37)32-38-21-13-6-14-22-38/h3-22,27-28,33-34H,23-26,29-32H2,1-2H3. The summed E-state index contributed by atoms with van der Waals surface area (Å²) < 4.78 is 3.78. The van der Waals surface area contributed by atoms with E-state index in [0.29, 0.717) is 13.1 Å². The van der Waals surface area contributed by atoms with Crippen LogP contribution in [0.3, 0.4) is 0 Å². The quantitative estimate of drug-likeness (QED) is 0.100. The first kappa shape index (κ1) is 34.6. The average molecular weight is 667 g/mol. The predicted octanol–water partition coefficient (Wildman–Crippen LogP) is 6.75. The summed E-state index contributed by atoms with van der Waals surface area (Å²) in [7, 11) is 0. The molecule has 0 bridgehead atoms. The minimum atomic E-state index is -0.396. The van der Waals surface area contributed by atoms with E-state index in [4.69, 9.17) is 0 Å². The summed E-state index contributed by atoms with van der Waals surface area (Å²) in [6, 6.07) is 42.0. The van der Waals surface area contributed by atoms with Crippen molar-refractivity contribution in [2.24, 2.45) is 0 Å². The second-order valence-electron chi connectivity index (χ2n) is 13.0. The lowest BCUT2D eigenvalue weighted by Gasteiger charge is -2.24. The van der Waals surface area contributed by atoms with Crippen molar-refractivity contribution in [3.8, 4) is 0 Å². The molecule has 0 fully saturated rings. The van der Waals surface area contributed by atoms with Gasteiger partial charge >= 0.3 is 0 Å². The van der Waals surface area contributed by atoms with Crippen molar-refractivity contribution in [1.29, 1.82) is 0 Å². The van der Waals surface area contributed by atoms with Crippen molar-refractivity contribution in [1.82, 2.24) is 39.8 Å². The summed E-state index contributed by atoms with van der Waals surface area (Å²) in [6.45, 7) is 9.94. The molecule has 2 unspecified atom stereocenters. The Hall–Kier alpha value is -5.25. The lowest BCUT2D eigenvalue weighted by atomic mass is 9.91. The van der Waals surface area contributed by atoms with Gasteiger partial charge in [-0.05, 0) is 36.1 Å². The van der Waals surface area contributed by atoms with E-state index in [-0.39, 0.29) is 5.78 Å². The fourth-order valence-corrected chi connectivity index (χ4v) is 6.48. The third-order valence-electron chi connectivity index (χ3n) is 9.29. The van der Waals surface area contributed by atoms with E-state index in [1.807, 2.05) is 47.5 Å². The van der Waals surface area contributed by atoms with Gasteiger partial charge in [0.25, 0.3) is 0 Å². The van der Waals surface area contributed by atoms with E-state index in [1.54, 1.807) is 12.4 Å². The Morgan fingerprint density at radius 2 is 0.820 bits per heavy atom. The fourth-order valence-electron chi connectivity index (χ4n) is 6.48. The second kappa shape index (κ2) is 17.4. The van der Waals surface area contributed by atoms with Crippen LogP contribution in [-0.2, 0) is 44.1 Å². The molecule has 0 N–H and O–H groups in total. The maximum atomic E-state index is 14.0. The third-order valence-corrected chi connectivity index (χ3v) is 9.29. The van der Waals surface area contributed by atoms with Crippen LogP contribution in [0.1, 0.15) is 59.3 Å². The van der Waals surface area contributed by atoms with Gasteiger partial charge in [0.15, 0.2) is 0 Å². The van der Waals surface area contributed by atoms with Crippen molar-refractivity contribution in [2.75, 3.05) is 13.1 Å². The van der Waals surface area contributed by atoms with Gasteiger partial charge in [-0.2, -0.15) is 0 Å². The molecule has 256 valence electrons. The molecule has 0 aliphatic rings. The molecule has 9 nitrogen and oxygen atoms in total. The summed E-state index contributed by atoms with van der Waals surface area (Å²) in [5, 5.41) is 17.3. The first-order chi connectivity index (χ1) is 24.5. The molecular formula is C41H46N8O. The first-order valence-corrected chi connectivity index (χ1v) is 17.4. The molecule has 0 saturated carbocycles. The molecule has 2 aromatic heterocycles. The van der Waals surface area contributed by atoms with Crippen molar-refractivity contribution < 1.29 is 4.79 Å². The Kier molecular flexibility index (Phi) is 12.1. The molecule has 0 aliphatic heterocycles. The molecule has 0 spiro atoms. The van der Waals surface area contributed by atoms with Crippen molar-refractivity contribution >= 4 is 5.78 Å². The fraction of sp³-hybridized carbons (Fsp3) is 0.293. The summed E-state index contributed by atoms with van der Waals surface area (Å²) in [6.07, 6.45) is 3.46. The molecular weight excluding hydrogens is 621 g/mol. The lowest BCUT2D eigenvalue weighted by Crippen LogP contribution is -2.29. The molecule has 0 aliphatic carbocycles. The highest BCUT2D eigenvalue weighted by molar-refractivity contribution is 5.90. The Balaban J connectivity index is 1.10. The van der Waals surface area contributed by atoms with E-state index < -0.39 is 11.8 Å². The Labute approximate surface area is 295 Å². The van der Waals surface area contributed by atoms with E-state index in [1.165, 1.54) is 22.3 Å². The van der Waals surface area contributed by atoms with E-state index in [2.05, 4.69) is 127 Å². The number of nitrogens with zero attached hydrogens (tertiary/aromatic N) is 8. The predicted molar refractivity (Wildman–Crippen MR) is 196 cm³/mol. The maximum Gasteiger partial charge on any atom is 0.150 e. The van der Waals surface area contributed by atoms with Crippen LogP contribution in [-0.4, -0.2) is 58.7 Å². The Bertz CT molecular complexity index is 1660. The molecule has 0 amide bonds. The zero-order chi connectivity index (χ0) is 34.5. The van der Waals surface area contributed by atoms with Gasteiger partial charge in [-0.25, -0.2) is 9.36 Å². The van der Waals surface area contributed by atoms with Gasteiger partial charge in [0.05, 0.1) is 48.7 Å². The highest BCUT2D eigenvalue weighted by Gasteiger charge is 2.28. The molecule has 4 aromatic carbocycles. The maximum absolute atomic E-state index is 14.0. The zero-order valence-electron chi connectivity index (χ0n) is 29.0. The van der Waals surface area contributed by atoms with Gasteiger partial charge in [0.1, 0.15) is 5.78 Å². The molecule has 50 heavy (non-hydrogen) atoms. The van der Waals surface area contributed by atoms with Crippen molar-refractivity contribution in [2.45, 2.75) is 65.0 Å². The average Bonchev–Trinajstić information content (AvgIpc) is 3.84. The second-order valence-corrected chi connectivity index (χ2v) is 13.0. The molecule has 9 heteroatoms. The van der Waals surface area contributed by atoms with Gasteiger partial charge in [0.2, 0.25) is 0 Å². The number of aromatic nitrogens is 6. The van der Waals surface area contributed by atoms with Crippen molar-refractivity contribution in [3.63, 3.8) is 0 Å². The van der Waals surface area contributed by atoms with Gasteiger partial charge in [-0.15, -0.1) is 10.2 Å². The molecule has 0 saturated heterocycles. The van der Waals surface area contributed by atoms with Gasteiger partial charge in [0, 0.05) is 39.3 Å². The minimum Gasteiger partial charge on any atom is -0.298 e. The smallest absolute Gasteiger partial charge is 0.150 e. The summed E-state index contributed by atoms with van der Waals surface area (Å²) >= 11 is 0. The van der Waals surface area contributed by atoms with Crippen LogP contribution in [0.5, 0.6) is 0 Å². The zero-order valence-corrected chi connectivity index (χ0v) is 29.0. The number of carbonyl (C=O) groups is 1. The van der Waals surface area contributed by atoms with Crippen LogP contribution >= 0.6 is 0 Å². The van der Waals surface area contributed by atoms with E-state index in [9.17, 15) is 4.79 Å². The highest BCUT2D eigenvalue weighted by Crippen LogP contribution is 2.26. The highest BCUT2D eigenvalue weighted by atomic mass is 16.1. The van der Waals surface area contributed by atoms with Crippen molar-refractivity contribution in [3.05, 3.63) is 167 Å². The largest absolute Gasteiger partial charge is 0.298 e. The Morgan fingerprint density at radius 1 is 0.520 bits per heavy atom. The van der Waals surface area contributed by atoms with E-state index in [0.717, 1.165) is 50.7 Å². The Morgan fingerprint density at radius 3 is 1.12 bits per heavy atom. The number of ketones is 1. The SMILES string of the molecule is CC(C(=O)C(C)c1cnnn1CCN(Cc1ccccc1)Cc1ccccc1)c1cnnn1CCN(Cc1ccccc1)Cc1ccccc1. The van der Waals surface area contributed by atoms with Crippen LogP contribution in [0.2, 0.25) is 0 Å². The normalized spacial score (nSPS) is 12.7.